The molecule has 4 aromatic rings. The van der Waals surface area contributed by atoms with E-state index >= 15 is 0 Å². The number of hydrogen-bond acceptors (Lipinski definition) is 7. The molecule has 2 aromatic heterocycles. The minimum Gasteiger partial charge on any atom is -0.463 e. The van der Waals surface area contributed by atoms with Gasteiger partial charge in [-0.05, 0) is 61.9 Å². The van der Waals surface area contributed by atoms with Crippen molar-refractivity contribution in [2.45, 2.75) is 30.8 Å². The highest BCUT2D eigenvalue weighted by molar-refractivity contribution is 8.00. The van der Waals surface area contributed by atoms with E-state index in [9.17, 15) is 4.79 Å². The normalized spacial score (nSPS) is 12.1. The molecule has 1 amide bonds. The van der Waals surface area contributed by atoms with E-state index in [0.717, 1.165) is 16.9 Å². The van der Waals surface area contributed by atoms with Gasteiger partial charge in [-0.25, -0.2) is 5.43 Å². The summed E-state index contributed by atoms with van der Waals surface area (Å²) in [5, 5.41) is 16.9. The highest BCUT2D eigenvalue weighted by atomic mass is 35.5. The van der Waals surface area contributed by atoms with Crippen LogP contribution in [0.2, 0.25) is 5.02 Å². The number of furan rings is 1. The predicted octanol–water partition coefficient (Wildman–Crippen LogP) is 5.07. The van der Waals surface area contributed by atoms with E-state index < -0.39 is 5.25 Å². The zero-order valence-electron chi connectivity index (χ0n) is 18.6. The average molecular weight is 495 g/mol. The van der Waals surface area contributed by atoms with Gasteiger partial charge in [-0.3, -0.25) is 9.36 Å². The van der Waals surface area contributed by atoms with Crippen LogP contribution in [0.5, 0.6) is 0 Å². The monoisotopic (exact) mass is 494 g/mol. The molecular formula is C24H23ClN6O2S. The fourth-order valence-corrected chi connectivity index (χ4v) is 4.26. The molecule has 174 valence electrons. The number of hydrazone groups is 1. The van der Waals surface area contributed by atoms with Crippen LogP contribution in [-0.4, -0.2) is 32.1 Å². The van der Waals surface area contributed by atoms with Crippen molar-refractivity contribution in [2.75, 3.05) is 5.32 Å². The molecule has 0 bridgehead atoms. The smallest absolute Gasteiger partial charge is 0.253 e. The van der Waals surface area contributed by atoms with Crippen molar-refractivity contribution in [1.82, 2.24) is 20.2 Å². The number of aromatic nitrogens is 3. The van der Waals surface area contributed by atoms with E-state index in [1.165, 1.54) is 18.0 Å². The predicted molar refractivity (Wildman–Crippen MR) is 135 cm³/mol. The van der Waals surface area contributed by atoms with Crippen LogP contribution in [0.3, 0.4) is 0 Å². The van der Waals surface area contributed by atoms with Gasteiger partial charge in [-0.2, -0.15) is 5.10 Å². The molecule has 0 saturated carbocycles. The van der Waals surface area contributed by atoms with Crippen molar-refractivity contribution >= 4 is 41.2 Å². The van der Waals surface area contributed by atoms with Crippen LogP contribution in [0.25, 0.3) is 5.69 Å². The molecule has 2 heterocycles. The third kappa shape index (κ3) is 5.86. The van der Waals surface area contributed by atoms with E-state index in [4.69, 9.17) is 16.0 Å². The Morgan fingerprint density at radius 3 is 2.76 bits per heavy atom. The van der Waals surface area contributed by atoms with Gasteiger partial charge in [0.2, 0.25) is 0 Å². The van der Waals surface area contributed by atoms with Crippen molar-refractivity contribution in [2.24, 2.45) is 5.10 Å². The van der Waals surface area contributed by atoms with Crippen molar-refractivity contribution in [1.29, 1.82) is 0 Å². The SMILES string of the molecule is Cc1cc(Cl)ccc1NCc1nnc(SC(C)C(=O)NN=Cc2ccco2)n1-c1ccccc1. The van der Waals surface area contributed by atoms with E-state index in [1.807, 2.05) is 60.0 Å². The quantitative estimate of drug-likeness (QED) is 0.192. The zero-order chi connectivity index (χ0) is 23.9. The largest absolute Gasteiger partial charge is 0.463 e. The summed E-state index contributed by atoms with van der Waals surface area (Å²) in [6.45, 7) is 4.23. The second kappa shape index (κ2) is 11.0. The Balaban J connectivity index is 1.50. The maximum Gasteiger partial charge on any atom is 0.253 e. The fourth-order valence-electron chi connectivity index (χ4n) is 3.15. The van der Waals surface area contributed by atoms with E-state index in [1.54, 1.807) is 25.3 Å². The van der Waals surface area contributed by atoms with Gasteiger partial charge in [0.25, 0.3) is 5.91 Å². The second-order valence-corrected chi connectivity index (χ2v) is 9.14. The van der Waals surface area contributed by atoms with Crippen LogP contribution in [0, 0.1) is 6.92 Å². The summed E-state index contributed by atoms with van der Waals surface area (Å²) < 4.78 is 7.11. The number of anilines is 1. The summed E-state index contributed by atoms with van der Waals surface area (Å²) in [6.07, 6.45) is 2.99. The van der Waals surface area contributed by atoms with Crippen LogP contribution in [0.15, 0.2) is 81.6 Å². The lowest BCUT2D eigenvalue weighted by Crippen LogP contribution is -2.27. The van der Waals surface area contributed by atoms with E-state index in [0.29, 0.717) is 28.3 Å². The number of nitrogens with zero attached hydrogens (tertiary/aromatic N) is 4. The van der Waals surface area contributed by atoms with Gasteiger partial charge >= 0.3 is 0 Å². The number of aryl methyl sites for hydroxylation is 1. The standard InChI is InChI=1S/C24H23ClN6O2S/c1-16-13-18(25)10-11-21(16)26-15-22-28-30-24(31(22)19-7-4-3-5-8-19)34-17(2)23(32)29-27-14-20-9-6-12-33-20/h3-14,17,26H,15H2,1-2H3,(H,29,32). The Morgan fingerprint density at radius 1 is 1.21 bits per heavy atom. The Bertz CT molecular complexity index is 1270. The maximum absolute atomic E-state index is 12.5. The first-order chi connectivity index (χ1) is 16.5. The van der Waals surface area contributed by atoms with Crippen molar-refractivity contribution in [3.05, 3.63) is 89.1 Å². The second-order valence-electron chi connectivity index (χ2n) is 7.39. The first-order valence-corrected chi connectivity index (χ1v) is 11.8. The summed E-state index contributed by atoms with van der Waals surface area (Å²) in [7, 11) is 0. The first-order valence-electron chi connectivity index (χ1n) is 10.5. The van der Waals surface area contributed by atoms with E-state index in [-0.39, 0.29) is 5.91 Å². The maximum atomic E-state index is 12.5. The highest BCUT2D eigenvalue weighted by Gasteiger charge is 2.21. The van der Waals surface area contributed by atoms with Crippen LogP contribution in [0.1, 0.15) is 24.1 Å². The molecule has 2 N–H and O–H groups in total. The van der Waals surface area contributed by atoms with Crippen LogP contribution in [-0.2, 0) is 11.3 Å². The molecule has 0 saturated heterocycles. The lowest BCUT2D eigenvalue weighted by Gasteiger charge is -2.14. The number of carbonyl (C=O) groups is 1. The number of nitrogens with one attached hydrogen (secondary N) is 2. The lowest BCUT2D eigenvalue weighted by molar-refractivity contribution is -0.120. The fraction of sp³-hybridized carbons (Fsp3) is 0.167. The molecule has 1 atom stereocenters. The van der Waals surface area contributed by atoms with Gasteiger partial charge in [0.15, 0.2) is 11.0 Å². The van der Waals surface area contributed by atoms with Gasteiger partial charge in [0.1, 0.15) is 5.76 Å². The molecule has 0 radical (unpaired) electrons. The molecule has 2 aromatic carbocycles. The summed E-state index contributed by atoms with van der Waals surface area (Å²) in [5.41, 5.74) is 5.44. The molecule has 0 aliphatic heterocycles. The minimum absolute atomic E-state index is 0.258. The molecule has 0 spiro atoms. The molecule has 0 aliphatic rings. The van der Waals surface area contributed by atoms with Crippen LogP contribution < -0.4 is 10.7 Å². The van der Waals surface area contributed by atoms with Gasteiger partial charge in [-0.1, -0.05) is 41.6 Å². The Labute approximate surface area is 206 Å². The van der Waals surface area contributed by atoms with Crippen LogP contribution >= 0.6 is 23.4 Å². The summed E-state index contributed by atoms with van der Waals surface area (Å²) >= 11 is 7.37. The molecule has 10 heteroatoms. The minimum atomic E-state index is -0.459. The van der Waals surface area contributed by atoms with Crippen LogP contribution in [0.4, 0.5) is 5.69 Å². The first kappa shape index (κ1) is 23.6. The molecule has 0 fully saturated rings. The number of hydrogen-bond donors (Lipinski definition) is 2. The Morgan fingerprint density at radius 2 is 2.03 bits per heavy atom. The van der Waals surface area contributed by atoms with Crippen molar-refractivity contribution in [3.63, 3.8) is 0 Å². The number of para-hydroxylation sites is 1. The van der Waals surface area contributed by atoms with Gasteiger partial charge in [0, 0.05) is 16.4 Å². The molecule has 0 aliphatic carbocycles. The number of halogens is 1. The van der Waals surface area contributed by atoms with E-state index in [2.05, 4.69) is 26.0 Å². The zero-order valence-corrected chi connectivity index (χ0v) is 20.2. The average Bonchev–Trinajstić information content (AvgIpc) is 3.49. The van der Waals surface area contributed by atoms with Crippen molar-refractivity contribution < 1.29 is 9.21 Å². The summed E-state index contributed by atoms with van der Waals surface area (Å²) in [4.78, 5) is 12.5. The van der Waals surface area contributed by atoms with Gasteiger partial charge < -0.3 is 9.73 Å². The molecule has 34 heavy (non-hydrogen) atoms. The van der Waals surface area contributed by atoms with Crippen molar-refractivity contribution in [3.8, 4) is 5.69 Å². The number of benzene rings is 2. The number of carbonyl (C=O) groups excluding carboxylic acids is 1. The summed E-state index contributed by atoms with van der Waals surface area (Å²) in [6, 6.07) is 19.0. The number of amides is 1. The Hall–Kier alpha value is -3.56. The third-order valence-corrected chi connectivity index (χ3v) is 6.18. The summed E-state index contributed by atoms with van der Waals surface area (Å²) in [5.74, 6) is 1.01. The number of rotatable bonds is 9. The molecular weight excluding hydrogens is 472 g/mol. The van der Waals surface area contributed by atoms with Gasteiger partial charge in [-0.15, -0.1) is 10.2 Å². The Kier molecular flexibility index (Phi) is 7.66. The molecule has 1 unspecified atom stereocenters. The third-order valence-electron chi connectivity index (χ3n) is 4.90. The molecule has 8 nitrogen and oxygen atoms in total. The molecule has 4 rings (SSSR count). The number of thioether (sulfide) groups is 1. The topological polar surface area (TPSA) is 97.3 Å². The van der Waals surface area contributed by atoms with Gasteiger partial charge in [0.05, 0.1) is 24.3 Å². The highest BCUT2D eigenvalue weighted by Crippen LogP contribution is 2.27. The lowest BCUT2D eigenvalue weighted by atomic mass is 10.2.